The molecule has 0 nitrogen and oxygen atoms in total. The van der Waals surface area contributed by atoms with Crippen molar-refractivity contribution in [3.05, 3.63) is 35.4 Å². The van der Waals surface area contributed by atoms with Crippen molar-refractivity contribution in [1.29, 1.82) is 0 Å². The summed E-state index contributed by atoms with van der Waals surface area (Å²) in [5.74, 6) is 2.47. The average molecular weight is 274 g/mol. The van der Waals surface area contributed by atoms with E-state index in [1.165, 1.54) is 49.7 Å². The van der Waals surface area contributed by atoms with Crippen molar-refractivity contribution in [2.24, 2.45) is 11.8 Å². The second kappa shape index (κ2) is 9.21. The molecule has 0 aromatic heterocycles. The number of aryl methyl sites for hydroxylation is 1. The number of hydrogen-bond acceptors (Lipinski definition) is 0. The van der Waals surface area contributed by atoms with Crippen LogP contribution in [0.3, 0.4) is 0 Å². The van der Waals surface area contributed by atoms with Crippen molar-refractivity contribution in [2.45, 2.75) is 79.1 Å². The van der Waals surface area contributed by atoms with E-state index in [1.807, 2.05) is 0 Å². The molecule has 0 saturated heterocycles. The van der Waals surface area contributed by atoms with Gasteiger partial charge in [0.1, 0.15) is 0 Å². The normalized spacial score (nSPS) is 14.5. The summed E-state index contributed by atoms with van der Waals surface area (Å²) >= 11 is 0. The van der Waals surface area contributed by atoms with E-state index in [0.29, 0.717) is 5.92 Å². The van der Waals surface area contributed by atoms with Crippen LogP contribution in [0.1, 0.15) is 83.3 Å². The van der Waals surface area contributed by atoms with E-state index < -0.39 is 0 Å². The van der Waals surface area contributed by atoms with Crippen LogP contribution in [0.25, 0.3) is 0 Å². The first kappa shape index (κ1) is 17.3. The summed E-state index contributed by atoms with van der Waals surface area (Å²) in [5, 5.41) is 0. The maximum atomic E-state index is 2.43. The van der Waals surface area contributed by atoms with Crippen LogP contribution in [-0.4, -0.2) is 0 Å². The molecule has 1 rings (SSSR count). The van der Waals surface area contributed by atoms with Crippen molar-refractivity contribution >= 4 is 0 Å². The van der Waals surface area contributed by atoms with Crippen molar-refractivity contribution in [3.63, 3.8) is 0 Å². The first-order valence-electron chi connectivity index (χ1n) is 8.55. The molecule has 0 fully saturated rings. The highest BCUT2D eigenvalue weighted by Crippen LogP contribution is 2.24. The SMILES string of the molecule is Cc1ccc(C(C)CCCC(C)CCCC(C)C)cc1. The Hall–Kier alpha value is -0.780. The predicted molar refractivity (Wildman–Crippen MR) is 91.3 cm³/mol. The summed E-state index contributed by atoms with van der Waals surface area (Å²) in [6.45, 7) is 11.6. The minimum Gasteiger partial charge on any atom is -0.0628 e. The van der Waals surface area contributed by atoms with Crippen LogP contribution in [0, 0.1) is 18.8 Å². The Labute approximate surface area is 127 Å². The lowest BCUT2D eigenvalue weighted by molar-refractivity contribution is 0.416. The highest BCUT2D eigenvalue weighted by Gasteiger charge is 2.07. The molecular weight excluding hydrogens is 240 g/mol. The van der Waals surface area contributed by atoms with E-state index in [0.717, 1.165) is 11.8 Å². The van der Waals surface area contributed by atoms with E-state index in [1.54, 1.807) is 0 Å². The molecule has 0 amide bonds. The first-order valence-corrected chi connectivity index (χ1v) is 8.55. The van der Waals surface area contributed by atoms with Gasteiger partial charge >= 0.3 is 0 Å². The van der Waals surface area contributed by atoms with Gasteiger partial charge in [-0.05, 0) is 36.7 Å². The number of benzene rings is 1. The molecule has 0 spiro atoms. The van der Waals surface area contributed by atoms with Gasteiger partial charge in [0.15, 0.2) is 0 Å². The summed E-state index contributed by atoms with van der Waals surface area (Å²) in [6, 6.07) is 9.07. The summed E-state index contributed by atoms with van der Waals surface area (Å²) in [7, 11) is 0. The van der Waals surface area contributed by atoms with Crippen LogP contribution in [0.5, 0.6) is 0 Å². The van der Waals surface area contributed by atoms with Crippen LogP contribution in [0.4, 0.5) is 0 Å². The molecular formula is C20H34. The lowest BCUT2D eigenvalue weighted by Crippen LogP contribution is -1.99. The zero-order valence-electron chi connectivity index (χ0n) is 14.3. The Balaban J connectivity index is 2.18. The maximum absolute atomic E-state index is 2.43. The van der Waals surface area contributed by atoms with Gasteiger partial charge in [-0.15, -0.1) is 0 Å². The van der Waals surface area contributed by atoms with Gasteiger partial charge in [0.25, 0.3) is 0 Å². The molecule has 0 radical (unpaired) electrons. The van der Waals surface area contributed by atoms with Crippen LogP contribution >= 0.6 is 0 Å². The molecule has 1 aromatic rings. The Morgan fingerprint density at radius 1 is 0.750 bits per heavy atom. The van der Waals surface area contributed by atoms with E-state index in [4.69, 9.17) is 0 Å². The molecule has 20 heavy (non-hydrogen) atoms. The highest BCUT2D eigenvalue weighted by molar-refractivity contribution is 5.23. The summed E-state index contributed by atoms with van der Waals surface area (Å²) in [5.41, 5.74) is 2.86. The Morgan fingerprint density at radius 3 is 1.85 bits per heavy atom. The monoisotopic (exact) mass is 274 g/mol. The van der Waals surface area contributed by atoms with Crippen LogP contribution in [0.2, 0.25) is 0 Å². The van der Waals surface area contributed by atoms with Gasteiger partial charge in [-0.1, -0.05) is 89.6 Å². The second-order valence-electron chi connectivity index (χ2n) is 7.17. The predicted octanol–water partition coefficient (Wildman–Crippen LogP) is 6.73. The molecule has 0 N–H and O–H groups in total. The van der Waals surface area contributed by atoms with E-state index in [9.17, 15) is 0 Å². The molecule has 0 aliphatic rings. The van der Waals surface area contributed by atoms with Crippen molar-refractivity contribution < 1.29 is 0 Å². The topological polar surface area (TPSA) is 0 Å². The van der Waals surface area contributed by atoms with Crippen LogP contribution in [0.15, 0.2) is 24.3 Å². The van der Waals surface area contributed by atoms with E-state index in [-0.39, 0.29) is 0 Å². The van der Waals surface area contributed by atoms with Crippen LogP contribution in [-0.2, 0) is 0 Å². The van der Waals surface area contributed by atoms with Gasteiger partial charge < -0.3 is 0 Å². The maximum Gasteiger partial charge on any atom is -0.0190 e. The van der Waals surface area contributed by atoms with Gasteiger partial charge in [-0.3, -0.25) is 0 Å². The van der Waals surface area contributed by atoms with Crippen LogP contribution < -0.4 is 0 Å². The quantitative estimate of drug-likeness (QED) is 0.468. The molecule has 114 valence electrons. The smallest absolute Gasteiger partial charge is 0.0190 e. The van der Waals surface area contributed by atoms with E-state index >= 15 is 0 Å². The standard InChI is InChI=1S/C20H34/c1-16(2)8-6-9-17(3)10-7-11-19(5)20-14-12-18(4)13-15-20/h12-17,19H,6-11H2,1-5H3. The fourth-order valence-corrected chi connectivity index (χ4v) is 2.85. The molecule has 2 atom stereocenters. The molecule has 0 aliphatic carbocycles. The Morgan fingerprint density at radius 2 is 1.30 bits per heavy atom. The van der Waals surface area contributed by atoms with Gasteiger partial charge in [-0.25, -0.2) is 0 Å². The molecule has 0 heteroatoms. The molecule has 1 aromatic carbocycles. The fraction of sp³-hybridized carbons (Fsp3) is 0.700. The summed E-state index contributed by atoms with van der Waals surface area (Å²) in [4.78, 5) is 0. The molecule has 0 bridgehead atoms. The third kappa shape index (κ3) is 7.12. The highest BCUT2D eigenvalue weighted by atomic mass is 14.1. The first-order chi connectivity index (χ1) is 9.49. The fourth-order valence-electron chi connectivity index (χ4n) is 2.85. The van der Waals surface area contributed by atoms with Gasteiger partial charge in [0.2, 0.25) is 0 Å². The second-order valence-corrected chi connectivity index (χ2v) is 7.17. The lowest BCUT2D eigenvalue weighted by Gasteiger charge is -2.15. The number of rotatable bonds is 9. The zero-order chi connectivity index (χ0) is 15.0. The minimum absolute atomic E-state index is 0.707. The lowest BCUT2D eigenvalue weighted by atomic mass is 9.91. The number of hydrogen-bond donors (Lipinski definition) is 0. The molecule has 0 aliphatic heterocycles. The van der Waals surface area contributed by atoms with Gasteiger partial charge in [0.05, 0.1) is 0 Å². The molecule has 2 unspecified atom stereocenters. The van der Waals surface area contributed by atoms with Crippen molar-refractivity contribution in [1.82, 2.24) is 0 Å². The van der Waals surface area contributed by atoms with Gasteiger partial charge in [-0.2, -0.15) is 0 Å². The Bertz CT molecular complexity index is 347. The Kier molecular flexibility index (Phi) is 7.95. The molecule has 0 saturated carbocycles. The summed E-state index contributed by atoms with van der Waals surface area (Å²) in [6.07, 6.45) is 8.32. The van der Waals surface area contributed by atoms with E-state index in [2.05, 4.69) is 58.9 Å². The third-order valence-corrected chi connectivity index (χ3v) is 4.46. The third-order valence-electron chi connectivity index (χ3n) is 4.46. The van der Waals surface area contributed by atoms with Crippen molar-refractivity contribution in [3.8, 4) is 0 Å². The van der Waals surface area contributed by atoms with Crippen molar-refractivity contribution in [2.75, 3.05) is 0 Å². The molecule has 0 heterocycles. The van der Waals surface area contributed by atoms with Gasteiger partial charge in [0, 0.05) is 0 Å². The largest absolute Gasteiger partial charge is 0.0628 e. The minimum atomic E-state index is 0.707. The summed E-state index contributed by atoms with van der Waals surface area (Å²) < 4.78 is 0. The average Bonchev–Trinajstić information content (AvgIpc) is 2.39. The zero-order valence-corrected chi connectivity index (χ0v) is 14.3.